The van der Waals surface area contributed by atoms with Gasteiger partial charge in [-0.2, -0.15) is 4.31 Å². The molecule has 18 heavy (non-hydrogen) atoms. The van der Waals surface area contributed by atoms with Crippen molar-refractivity contribution in [3.63, 3.8) is 0 Å². The first-order chi connectivity index (χ1) is 8.32. The first-order valence-corrected chi connectivity index (χ1v) is 7.98. The molecule has 1 aliphatic rings. The highest BCUT2D eigenvalue weighted by Gasteiger charge is 2.34. The fraction of sp³-hybridized carbons (Fsp3) is 0.700. The molecule has 0 spiro atoms. The molecular formula is C10H17N3O3S2. The van der Waals surface area contributed by atoms with Gasteiger partial charge in [-0.3, -0.25) is 4.79 Å². The van der Waals surface area contributed by atoms with E-state index in [1.165, 1.54) is 4.31 Å². The molecule has 0 aromatic carbocycles. The molecule has 6 nitrogen and oxygen atoms in total. The second-order valence-electron chi connectivity index (χ2n) is 4.65. The highest BCUT2D eigenvalue weighted by Crippen LogP contribution is 2.24. The van der Waals surface area contributed by atoms with E-state index < -0.39 is 10.0 Å². The summed E-state index contributed by atoms with van der Waals surface area (Å²) < 4.78 is 26.6. The molecule has 1 aromatic rings. The van der Waals surface area contributed by atoms with Gasteiger partial charge in [0.05, 0.1) is 0 Å². The van der Waals surface area contributed by atoms with Crippen molar-refractivity contribution in [2.24, 2.45) is 0 Å². The number of nitrogens with zero attached hydrogens (tertiary/aromatic N) is 2. The Morgan fingerprint density at radius 1 is 1.39 bits per heavy atom. The number of likely N-dealkylation sites (N-methyl/N-ethyl adjacent to an activating group) is 1. The van der Waals surface area contributed by atoms with Gasteiger partial charge in [0, 0.05) is 31.4 Å². The maximum Gasteiger partial charge on any atom is 0.305 e. The van der Waals surface area contributed by atoms with Gasteiger partial charge in [-0.05, 0) is 20.9 Å². The maximum atomic E-state index is 12.5. The molecule has 0 amide bonds. The number of hydrogen-bond acceptors (Lipinski definition) is 5. The molecule has 1 saturated heterocycles. The van der Waals surface area contributed by atoms with E-state index in [2.05, 4.69) is 9.88 Å². The molecule has 8 heteroatoms. The van der Waals surface area contributed by atoms with Gasteiger partial charge in [0.1, 0.15) is 0 Å². The van der Waals surface area contributed by atoms with E-state index in [0.29, 0.717) is 25.3 Å². The standard InChI is InChI=1S/C10H17N3O3S2/c1-7-6-12(3)4-5-13(7)18(15,16)9-8(2)11-10(14)17-9/h7H,4-6H2,1-3H3,(H,11,14). The zero-order chi connectivity index (χ0) is 13.5. The second-order valence-corrected chi connectivity index (χ2v) is 7.72. The first-order valence-electron chi connectivity index (χ1n) is 5.72. The van der Waals surface area contributed by atoms with E-state index in [4.69, 9.17) is 0 Å². The summed E-state index contributed by atoms with van der Waals surface area (Å²) in [6, 6.07) is -0.0784. The summed E-state index contributed by atoms with van der Waals surface area (Å²) in [7, 11) is -1.58. The quantitative estimate of drug-likeness (QED) is 0.837. The topological polar surface area (TPSA) is 73.5 Å². The zero-order valence-electron chi connectivity index (χ0n) is 10.6. The third kappa shape index (κ3) is 2.37. The highest BCUT2D eigenvalue weighted by molar-refractivity contribution is 7.91. The average molecular weight is 291 g/mol. The van der Waals surface area contributed by atoms with Crippen LogP contribution in [0.25, 0.3) is 0 Å². The van der Waals surface area contributed by atoms with Crippen LogP contribution in [0.4, 0.5) is 0 Å². The largest absolute Gasteiger partial charge is 0.315 e. The van der Waals surface area contributed by atoms with Crippen LogP contribution < -0.4 is 4.87 Å². The molecule has 1 N–H and O–H groups in total. The fourth-order valence-corrected chi connectivity index (χ4v) is 5.25. The molecule has 0 saturated carbocycles. The van der Waals surface area contributed by atoms with Gasteiger partial charge in [0.15, 0.2) is 4.21 Å². The Labute approximate surface area is 110 Å². The highest BCUT2D eigenvalue weighted by atomic mass is 32.2. The van der Waals surface area contributed by atoms with Crippen LogP contribution in [-0.2, 0) is 10.0 Å². The van der Waals surface area contributed by atoms with E-state index in [-0.39, 0.29) is 15.1 Å². The molecule has 2 rings (SSSR count). The van der Waals surface area contributed by atoms with Crippen LogP contribution in [-0.4, -0.2) is 55.3 Å². The van der Waals surface area contributed by atoms with Crippen molar-refractivity contribution in [1.29, 1.82) is 0 Å². The number of thiazole rings is 1. The first kappa shape index (κ1) is 13.7. The summed E-state index contributed by atoms with van der Waals surface area (Å²) >= 11 is 0.763. The van der Waals surface area contributed by atoms with Gasteiger partial charge >= 0.3 is 4.87 Å². The van der Waals surface area contributed by atoms with Crippen LogP contribution in [0.1, 0.15) is 12.6 Å². The number of sulfonamides is 1. The van der Waals surface area contributed by atoms with Crippen LogP contribution >= 0.6 is 11.3 Å². The third-order valence-electron chi connectivity index (χ3n) is 3.09. The number of aromatic amines is 1. The molecule has 1 atom stereocenters. The lowest BCUT2D eigenvalue weighted by molar-refractivity contribution is 0.170. The summed E-state index contributed by atoms with van der Waals surface area (Å²) in [5.74, 6) is 0. The fourth-order valence-electron chi connectivity index (χ4n) is 2.22. The van der Waals surface area contributed by atoms with Crippen LogP contribution in [0.2, 0.25) is 0 Å². The van der Waals surface area contributed by atoms with Gasteiger partial charge in [-0.25, -0.2) is 8.42 Å². The van der Waals surface area contributed by atoms with E-state index in [1.54, 1.807) is 6.92 Å². The van der Waals surface area contributed by atoms with Crippen molar-refractivity contribution in [1.82, 2.24) is 14.2 Å². The summed E-state index contributed by atoms with van der Waals surface area (Å²) in [6.07, 6.45) is 0. The van der Waals surface area contributed by atoms with Gasteiger partial charge < -0.3 is 9.88 Å². The lowest BCUT2D eigenvalue weighted by Crippen LogP contribution is -2.52. The van der Waals surface area contributed by atoms with Crippen molar-refractivity contribution < 1.29 is 8.42 Å². The van der Waals surface area contributed by atoms with Crippen molar-refractivity contribution in [3.8, 4) is 0 Å². The molecule has 1 unspecified atom stereocenters. The molecule has 0 aliphatic carbocycles. The second kappa shape index (κ2) is 4.76. The average Bonchev–Trinajstić information content (AvgIpc) is 2.57. The zero-order valence-corrected chi connectivity index (χ0v) is 12.3. The van der Waals surface area contributed by atoms with Crippen LogP contribution in [0.3, 0.4) is 0 Å². The third-order valence-corrected chi connectivity index (χ3v) is 6.69. The van der Waals surface area contributed by atoms with Crippen molar-refractivity contribution in [2.75, 3.05) is 26.7 Å². The van der Waals surface area contributed by atoms with Crippen molar-refractivity contribution in [2.45, 2.75) is 24.1 Å². The molecule has 2 heterocycles. The van der Waals surface area contributed by atoms with Gasteiger partial charge in [0.25, 0.3) is 10.0 Å². The minimum Gasteiger partial charge on any atom is -0.315 e. The Hall–Kier alpha value is -0.700. The number of H-pyrrole nitrogens is 1. The molecular weight excluding hydrogens is 274 g/mol. The number of hydrogen-bond donors (Lipinski definition) is 1. The predicted molar refractivity (Wildman–Crippen MR) is 70.5 cm³/mol. The van der Waals surface area contributed by atoms with E-state index in [0.717, 1.165) is 11.3 Å². The summed E-state index contributed by atoms with van der Waals surface area (Å²) in [5, 5.41) is 0. The summed E-state index contributed by atoms with van der Waals surface area (Å²) in [5.41, 5.74) is 0.427. The Kier molecular flexibility index (Phi) is 3.63. The van der Waals surface area contributed by atoms with E-state index in [1.807, 2.05) is 14.0 Å². The number of nitrogens with one attached hydrogen (secondary N) is 1. The van der Waals surface area contributed by atoms with Gasteiger partial charge in [0.2, 0.25) is 0 Å². The number of aromatic nitrogens is 1. The Balaban J connectivity index is 2.37. The molecule has 1 aromatic heterocycles. The molecule has 102 valence electrons. The number of rotatable bonds is 2. The van der Waals surface area contributed by atoms with Crippen molar-refractivity contribution >= 4 is 21.4 Å². The van der Waals surface area contributed by atoms with Crippen LogP contribution in [0.15, 0.2) is 9.00 Å². The van der Waals surface area contributed by atoms with Gasteiger partial charge in [-0.15, -0.1) is 0 Å². The lowest BCUT2D eigenvalue weighted by Gasteiger charge is -2.36. The summed E-state index contributed by atoms with van der Waals surface area (Å²) in [4.78, 5) is 15.5. The van der Waals surface area contributed by atoms with Gasteiger partial charge in [-0.1, -0.05) is 11.3 Å². The molecule has 1 aliphatic heterocycles. The number of piperazine rings is 1. The lowest BCUT2D eigenvalue weighted by atomic mass is 10.2. The Morgan fingerprint density at radius 3 is 2.56 bits per heavy atom. The van der Waals surface area contributed by atoms with Crippen LogP contribution in [0.5, 0.6) is 0 Å². The normalized spacial score (nSPS) is 23.4. The SMILES string of the molecule is Cc1[nH]c(=O)sc1S(=O)(=O)N1CCN(C)CC1C. The number of aryl methyl sites for hydroxylation is 1. The minimum atomic E-state index is -3.55. The van der Waals surface area contributed by atoms with E-state index in [9.17, 15) is 13.2 Å². The van der Waals surface area contributed by atoms with E-state index >= 15 is 0 Å². The predicted octanol–water partition coefficient (Wildman–Crippen LogP) is 0.0694. The maximum absolute atomic E-state index is 12.5. The van der Waals surface area contributed by atoms with Crippen LogP contribution in [0, 0.1) is 6.92 Å². The molecule has 0 radical (unpaired) electrons. The molecule has 0 bridgehead atoms. The smallest absolute Gasteiger partial charge is 0.305 e. The Morgan fingerprint density at radius 2 is 2.06 bits per heavy atom. The van der Waals surface area contributed by atoms with Crippen molar-refractivity contribution in [3.05, 3.63) is 15.4 Å². The Bertz CT molecular complexity index is 590. The minimum absolute atomic E-state index is 0.0784. The molecule has 1 fully saturated rings. The summed E-state index contributed by atoms with van der Waals surface area (Å²) in [6.45, 7) is 5.38. The monoisotopic (exact) mass is 291 g/mol.